The summed E-state index contributed by atoms with van der Waals surface area (Å²) in [5.41, 5.74) is 2.10. The molecule has 0 spiro atoms. The Balaban J connectivity index is 1.95. The highest BCUT2D eigenvalue weighted by Crippen LogP contribution is 2.34. The van der Waals surface area contributed by atoms with Gasteiger partial charge in [0, 0.05) is 31.1 Å². The Morgan fingerprint density at radius 2 is 1.81 bits per heavy atom. The Hall–Kier alpha value is -2.84. The first-order valence-electron chi connectivity index (χ1n) is 12.4. The van der Waals surface area contributed by atoms with E-state index in [0.717, 1.165) is 44.0 Å². The summed E-state index contributed by atoms with van der Waals surface area (Å²) in [6, 6.07) is 9.35. The van der Waals surface area contributed by atoms with Gasteiger partial charge in [0.25, 0.3) is 0 Å². The molecule has 2 amide bonds. The lowest BCUT2D eigenvalue weighted by atomic mass is 9.92. The van der Waals surface area contributed by atoms with Crippen LogP contribution in [0.5, 0.6) is 0 Å². The summed E-state index contributed by atoms with van der Waals surface area (Å²) in [6.07, 6.45) is 4.81. The van der Waals surface area contributed by atoms with Crippen LogP contribution < -0.4 is 15.5 Å². The first kappa shape index (κ1) is 27.7. The van der Waals surface area contributed by atoms with Gasteiger partial charge in [-0.15, -0.1) is 0 Å². The van der Waals surface area contributed by atoms with Crippen molar-refractivity contribution in [3.05, 3.63) is 52.8 Å². The first-order valence-corrected chi connectivity index (χ1v) is 12.7. The number of aliphatic carboxylic acids is 1. The van der Waals surface area contributed by atoms with Crippen LogP contribution in [0.3, 0.4) is 0 Å². The van der Waals surface area contributed by atoms with E-state index in [1.807, 2.05) is 12.1 Å². The third kappa shape index (κ3) is 7.58. The van der Waals surface area contributed by atoms with Crippen molar-refractivity contribution in [2.75, 3.05) is 29.2 Å². The lowest BCUT2D eigenvalue weighted by Gasteiger charge is -2.38. The number of carboxylic acids is 1. The zero-order valence-corrected chi connectivity index (χ0v) is 21.8. The molecule has 1 fully saturated rings. The van der Waals surface area contributed by atoms with Crippen molar-refractivity contribution in [1.82, 2.24) is 0 Å². The minimum atomic E-state index is -1.06. The second kappa shape index (κ2) is 12.9. The summed E-state index contributed by atoms with van der Waals surface area (Å²) in [4.78, 5) is 26.8. The monoisotopic (exact) mass is 519 g/mol. The van der Waals surface area contributed by atoms with Gasteiger partial charge in [-0.2, -0.15) is 0 Å². The Bertz CT molecular complexity index is 1060. The van der Waals surface area contributed by atoms with E-state index in [1.165, 1.54) is 25.7 Å². The first-order chi connectivity index (χ1) is 17.2. The van der Waals surface area contributed by atoms with Crippen LogP contribution in [0.15, 0.2) is 36.4 Å². The molecule has 0 aromatic heterocycles. The zero-order valence-electron chi connectivity index (χ0n) is 21.0. The summed E-state index contributed by atoms with van der Waals surface area (Å²) in [6.45, 7) is 5.12. The van der Waals surface area contributed by atoms with E-state index in [0.29, 0.717) is 23.2 Å². The van der Waals surface area contributed by atoms with E-state index in [1.54, 1.807) is 6.07 Å². The molecule has 196 valence electrons. The maximum absolute atomic E-state index is 14.3. The minimum absolute atomic E-state index is 0.00578. The van der Waals surface area contributed by atoms with Gasteiger partial charge in [0.05, 0.1) is 17.1 Å². The summed E-state index contributed by atoms with van der Waals surface area (Å²) >= 11 is 5.82. The van der Waals surface area contributed by atoms with Gasteiger partial charge in [0.2, 0.25) is 0 Å². The molecule has 2 aromatic carbocycles. The predicted octanol–water partition coefficient (Wildman–Crippen LogP) is 6.56. The van der Waals surface area contributed by atoms with Crippen LogP contribution in [-0.4, -0.2) is 42.9 Å². The van der Waals surface area contributed by atoms with Crippen LogP contribution in [0.25, 0.3) is 0 Å². The lowest BCUT2D eigenvalue weighted by Crippen LogP contribution is -2.40. The fourth-order valence-electron chi connectivity index (χ4n) is 4.64. The Morgan fingerprint density at radius 1 is 1.11 bits per heavy atom. The number of carboxylic acid groups (broad SMARTS) is 1. The molecule has 1 unspecified atom stereocenters. The lowest BCUT2D eigenvalue weighted by molar-refractivity contribution is -0.148. The second-order valence-corrected chi connectivity index (χ2v) is 10.1. The Morgan fingerprint density at radius 3 is 2.42 bits per heavy atom. The van der Waals surface area contributed by atoms with Crippen LogP contribution in [0, 0.1) is 11.7 Å². The smallest absolute Gasteiger partial charge is 0.333 e. The number of amides is 2. The number of hydrogen-bond donors (Lipinski definition) is 3. The fourth-order valence-corrected chi connectivity index (χ4v) is 4.80. The number of benzene rings is 2. The van der Waals surface area contributed by atoms with Crippen LogP contribution in [0.1, 0.15) is 51.5 Å². The van der Waals surface area contributed by atoms with E-state index in [-0.39, 0.29) is 17.1 Å². The number of carbonyl (C=O) groups is 2. The van der Waals surface area contributed by atoms with Crippen molar-refractivity contribution in [2.24, 2.45) is 5.92 Å². The third-order valence-electron chi connectivity index (χ3n) is 6.36. The zero-order chi connectivity index (χ0) is 26.2. The average Bonchev–Trinajstić information content (AvgIpc) is 2.83. The van der Waals surface area contributed by atoms with E-state index in [9.17, 15) is 19.1 Å². The molecule has 0 heterocycles. The average molecular weight is 520 g/mol. The van der Waals surface area contributed by atoms with E-state index in [2.05, 4.69) is 29.4 Å². The molecule has 3 rings (SSSR count). The molecule has 7 nitrogen and oxygen atoms in total. The number of rotatable bonds is 10. The Kier molecular flexibility index (Phi) is 9.96. The third-order valence-corrected chi connectivity index (χ3v) is 6.59. The number of ether oxygens (including phenoxy) is 1. The summed E-state index contributed by atoms with van der Waals surface area (Å²) in [7, 11) is 1.36. The van der Waals surface area contributed by atoms with Gasteiger partial charge in [-0.3, -0.25) is 0 Å². The van der Waals surface area contributed by atoms with Crippen molar-refractivity contribution < 1.29 is 23.8 Å². The number of nitrogens with zero attached hydrogens (tertiary/aromatic N) is 1. The number of nitrogens with one attached hydrogen (secondary N) is 2. The van der Waals surface area contributed by atoms with Crippen LogP contribution >= 0.6 is 11.6 Å². The number of halogens is 2. The highest BCUT2D eigenvalue weighted by Gasteiger charge is 2.26. The second-order valence-electron chi connectivity index (χ2n) is 9.66. The van der Waals surface area contributed by atoms with E-state index < -0.39 is 23.9 Å². The molecule has 1 aliphatic carbocycles. The molecule has 3 N–H and O–H groups in total. The summed E-state index contributed by atoms with van der Waals surface area (Å²) < 4.78 is 19.4. The molecular formula is C27H35ClFN3O4. The van der Waals surface area contributed by atoms with Gasteiger partial charge in [-0.25, -0.2) is 14.0 Å². The number of urea groups is 1. The van der Waals surface area contributed by atoms with Crippen molar-refractivity contribution in [1.29, 1.82) is 0 Å². The largest absolute Gasteiger partial charge is 0.479 e. The standard InChI is InChI=1S/C27H35ClFN3O4/c1-17(2)16-32(20-7-5-4-6-8-20)24-12-9-18(14-25(36-3)26(33)34)13-23(24)31-27(35)30-22-11-10-19(28)15-21(22)29/h9-13,15,17,20,25H,4-8,14,16H2,1-3H3,(H,33,34)(H2,30,31,35). The van der Waals surface area contributed by atoms with Crippen LogP contribution in [0.4, 0.5) is 26.2 Å². The van der Waals surface area contributed by atoms with Gasteiger partial charge in [0.15, 0.2) is 6.10 Å². The number of carbonyl (C=O) groups excluding carboxylic acids is 1. The number of anilines is 3. The highest BCUT2D eigenvalue weighted by molar-refractivity contribution is 6.30. The van der Waals surface area contributed by atoms with Crippen LogP contribution in [0.2, 0.25) is 5.02 Å². The minimum Gasteiger partial charge on any atom is -0.479 e. The molecule has 1 saturated carbocycles. The van der Waals surface area contributed by atoms with Crippen molar-refractivity contribution in [2.45, 2.75) is 64.5 Å². The highest BCUT2D eigenvalue weighted by atomic mass is 35.5. The molecule has 0 aliphatic heterocycles. The molecule has 0 saturated heterocycles. The van der Waals surface area contributed by atoms with Gasteiger partial charge >= 0.3 is 12.0 Å². The fraction of sp³-hybridized carbons (Fsp3) is 0.481. The summed E-state index contributed by atoms with van der Waals surface area (Å²) in [5.74, 6) is -1.31. The van der Waals surface area contributed by atoms with Crippen molar-refractivity contribution in [3.63, 3.8) is 0 Å². The van der Waals surface area contributed by atoms with Crippen LogP contribution in [-0.2, 0) is 16.0 Å². The van der Waals surface area contributed by atoms with Gasteiger partial charge in [0.1, 0.15) is 5.82 Å². The Labute approximate surface area is 217 Å². The molecule has 0 bridgehead atoms. The molecular weight excluding hydrogens is 485 g/mol. The normalized spacial score (nSPS) is 14.9. The number of hydrogen-bond acceptors (Lipinski definition) is 4. The van der Waals surface area contributed by atoms with Gasteiger partial charge in [-0.05, 0) is 54.7 Å². The van der Waals surface area contributed by atoms with Gasteiger partial charge in [-0.1, -0.05) is 50.8 Å². The maximum Gasteiger partial charge on any atom is 0.333 e. The van der Waals surface area contributed by atoms with Crippen molar-refractivity contribution in [3.8, 4) is 0 Å². The van der Waals surface area contributed by atoms with Crippen molar-refractivity contribution >= 4 is 40.7 Å². The molecule has 1 atom stereocenters. The molecule has 0 radical (unpaired) electrons. The summed E-state index contributed by atoms with van der Waals surface area (Å²) in [5, 5.41) is 15.1. The van der Waals surface area contributed by atoms with E-state index in [4.69, 9.17) is 16.3 Å². The molecule has 36 heavy (non-hydrogen) atoms. The van der Waals surface area contributed by atoms with Gasteiger partial charge < -0.3 is 25.4 Å². The molecule has 2 aromatic rings. The topological polar surface area (TPSA) is 90.9 Å². The maximum atomic E-state index is 14.3. The molecule has 1 aliphatic rings. The quantitative estimate of drug-likeness (QED) is 0.330. The molecule has 9 heteroatoms. The van der Waals surface area contributed by atoms with E-state index >= 15 is 0 Å². The number of methoxy groups -OCH3 is 1. The predicted molar refractivity (Wildman–Crippen MR) is 142 cm³/mol. The SMILES string of the molecule is COC(Cc1ccc(N(CC(C)C)C2CCCCC2)c(NC(=O)Nc2ccc(Cl)cc2F)c1)C(=O)O.